The molecule has 2 N–H and O–H groups in total. The second-order valence-electron chi connectivity index (χ2n) is 6.91. The summed E-state index contributed by atoms with van der Waals surface area (Å²) in [5.41, 5.74) is 0. The van der Waals surface area contributed by atoms with Crippen LogP contribution in [0.4, 0.5) is 0 Å². The number of nitrogens with zero attached hydrogens (tertiary/aromatic N) is 3. The van der Waals surface area contributed by atoms with E-state index in [1.165, 1.54) is 42.4 Å². The van der Waals surface area contributed by atoms with Gasteiger partial charge < -0.3 is 15.5 Å². The molecule has 0 radical (unpaired) electrons. The van der Waals surface area contributed by atoms with E-state index in [9.17, 15) is 0 Å². The molecular formula is C19H36IN5S. The molecule has 1 saturated heterocycles. The van der Waals surface area contributed by atoms with Crippen LogP contribution >= 0.6 is 35.3 Å². The van der Waals surface area contributed by atoms with Gasteiger partial charge in [-0.1, -0.05) is 13.8 Å². The molecule has 1 fully saturated rings. The number of nitrogens with one attached hydrogen (secondary N) is 2. The van der Waals surface area contributed by atoms with Crippen molar-refractivity contribution in [2.24, 2.45) is 10.9 Å². The van der Waals surface area contributed by atoms with Crippen LogP contribution in [0, 0.1) is 5.92 Å². The molecule has 5 nitrogen and oxygen atoms in total. The van der Waals surface area contributed by atoms with Gasteiger partial charge in [0.25, 0.3) is 0 Å². The monoisotopic (exact) mass is 493 g/mol. The van der Waals surface area contributed by atoms with E-state index < -0.39 is 0 Å². The second kappa shape index (κ2) is 13.7. The number of thiazole rings is 1. The summed E-state index contributed by atoms with van der Waals surface area (Å²) >= 11 is 1.82. The zero-order valence-electron chi connectivity index (χ0n) is 16.6. The van der Waals surface area contributed by atoms with Gasteiger partial charge in [-0.3, -0.25) is 4.99 Å². The summed E-state index contributed by atoms with van der Waals surface area (Å²) in [5.74, 6) is 1.79. The van der Waals surface area contributed by atoms with E-state index in [1.54, 1.807) is 0 Å². The van der Waals surface area contributed by atoms with Crippen molar-refractivity contribution >= 4 is 41.3 Å². The predicted octanol–water partition coefficient (Wildman–Crippen LogP) is 3.54. The number of halogens is 1. The smallest absolute Gasteiger partial charge is 0.191 e. The molecule has 0 aliphatic carbocycles. The van der Waals surface area contributed by atoms with Crippen molar-refractivity contribution in [1.29, 1.82) is 0 Å². The quantitative estimate of drug-likeness (QED) is 0.239. The Morgan fingerprint density at radius 3 is 2.92 bits per heavy atom. The van der Waals surface area contributed by atoms with Crippen LogP contribution in [-0.4, -0.2) is 55.1 Å². The third-order valence-corrected chi connectivity index (χ3v) is 5.77. The number of aliphatic imine (C=N–C) groups is 1. The largest absolute Gasteiger partial charge is 0.357 e. The summed E-state index contributed by atoms with van der Waals surface area (Å²) < 4.78 is 0. The molecule has 1 aromatic rings. The van der Waals surface area contributed by atoms with Gasteiger partial charge in [-0.05, 0) is 51.6 Å². The Balaban J connectivity index is 0.00000338. The minimum atomic E-state index is 0. The van der Waals surface area contributed by atoms with Crippen molar-refractivity contribution in [3.63, 3.8) is 0 Å². The topological polar surface area (TPSA) is 52.6 Å². The molecule has 1 atom stereocenters. The minimum absolute atomic E-state index is 0. The van der Waals surface area contributed by atoms with Crippen molar-refractivity contribution in [2.75, 3.05) is 39.3 Å². The van der Waals surface area contributed by atoms with Gasteiger partial charge in [-0.25, -0.2) is 4.98 Å². The fraction of sp³-hybridized carbons (Fsp3) is 0.789. The molecule has 150 valence electrons. The number of hydrogen-bond donors (Lipinski definition) is 2. The average molecular weight is 494 g/mol. The van der Waals surface area contributed by atoms with Crippen LogP contribution in [0.25, 0.3) is 0 Å². The first-order valence-corrected chi connectivity index (χ1v) is 10.7. The van der Waals surface area contributed by atoms with Gasteiger partial charge in [0, 0.05) is 43.7 Å². The molecule has 1 unspecified atom stereocenters. The van der Waals surface area contributed by atoms with Crippen LogP contribution in [0.5, 0.6) is 0 Å². The normalized spacial score (nSPS) is 18.4. The van der Waals surface area contributed by atoms with Crippen molar-refractivity contribution in [2.45, 2.75) is 52.9 Å². The number of likely N-dealkylation sites (tertiary alicyclic amines) is 1. The Morgan fingerprint density at radius 1 is 1.38 bits per heavy atom. The van der Waals surface area contributed by atoms with Gasteiger partial charge in [-0.2, -0.15) is 0 Å². The van der Waals surface area contributed by atoms with Crippen molar-refractivity contribution in [3.05, 3.63) is 16.1 Å². The zero-order chi connectivity index (χ0) is 17.9. The number of aryl methyl sites for hydroxylation is 1. The summed E-state index contributed by atoms with van der Waals surface area (Å²) in [5, 5.41) is 7.98. The van der Waals surface area contributed by atoms with Crippen LogP contribution in [0.3, 0.4) is 0 Å². The van der Waals surface area contributed by atoms with Crippen molar-refractivity contribution in [3.8, 4) is 0 Å². The number of hydrogen-bond acceptors (Lipinski definition) is 4. The van der Waals surface area contributed by atoms with Gasteiger partial charge in [0.1, 0.15) is 0 Å². The lowest BCUT2D eigenvalue weighted by atomic mass is 10.0. The lowest BCUT2D eigenvalue weighted by Crippen LogP contribution is -2.38. The van der Waals surface area contributed by atoms with E-state index >= 15 is 0 Å². The van der Waals surface area contributed by atoms with Gasteiger partial charge in [-0.15, -0.1) is 35.3 Å². The highest BCUT2D eigenvalue weighted by molar-refractivity contribution is 14.0. The van der Waals surface area contributed by atoms with Gasteiger partial charge >= 0.3 is 0 Å². The standard InChI is InChI=1S/C19H35N5S.HI/c1-4-17-14-23-18(25-17)9-11-22-19(20-5-2)21-10-7-13-24-12-6-8-16(3)15-24;/h14,16H,4-13,15H2,1-3H3,(H2,20,21,22);1H. The van der Waals surface area contributed by atoms with Gasteiger partial charge in [0.2, 0.25) is 0 Å². The highest BCUT2D eigenvalue weighted by Crippen LogP contribution is 2.15. The Morgan fingerprint density at radius 2 is 2.23 bits per heavy atom. The van der Waals surface area contributed by atoms with Crippen LogP contribution in [0.1, 0.15) is 49.9 Å². The van der Waals surface area contributed by atoms with Crippen molar-refractivity contribution < 1.29 is 0 Å². The molecule has 0 saturated carbocycles. The maximum Gasteiger partial charge on any atom is 0.191 e. The number of rotatable bonds is 9. The van der Waals surface area contributed by atoms with Gasteiger partial charge in [0.15, 0.2) is 5.96 Å². The first-order chi connectivity index (χ1) is 12.2. The van der Waals surface area contributed by atoms with Crippen molar-refractivity contribution in [1.82, 2.24) is 20.5 Å². The highest BCUT2D eigenvalue weighted by atomic mass is 127. The van der Waals surface area contributed by atoms with E-state index in [-0.39, 0.29) is 24.0 Å². The number of aromatic nitrogens is 1. The lowest BCUT2D eigenvalue weighted by molar-refractivity contribution is 0.183. The zero-order valence-corrected chi connectivity index (χ0v) is 19.7. The van der Waals surface area contributed by atoms with E-state index in [4.69, 9.17) is 4.99 Å². The lowest BCUT2D eigenvalue weighted by Gasteiger charge is -2.30. The SMILES string of the molecule is CCNC(=NCCCN1CCCC(C)C1)NCCc1ncc(CC)s1.I. The first kappa shape index (κ1) is 23.6. The first-order valence-electron chi connectivity index (χ1n) is 9.89. The Hall–Kier alpha value is -0.410. The molecule has 2 rings (SSSR count). The van der Waals surface area contributed by atoms with Crippen LogP contribution in [0.2, 0.25) is 0 Å². The Bertz CT molecular complexity index is 520. The van der Waals surface area contributed by atoms with E-state index in [0.29, 0.717) is 0 Å². The summed E-state index contributed by atoms with van der Waals surface area (Å²) in [6, 6.07) is 0. The molecule has 1 aliphatic rings. The third kappa shape index (κ3) is 8.99. The van der Waals surface area contributed by atoms with Crippen LogP contribution in [0.15, 0.2) is 11.2 Å². The molecule has 0 amide bonds. The molecule has 1 aliphatic heterocycles. The molecule has 0 aromatic carbocycles. The average Bonchev–Trinajstić information content (AvgIpc) is 3.07. The molecule has 26 heavy (non-hydrogen) atoms. The second-order valence-corrected chi connectivity index (χ2v) is 8.11. The van der Waals surface area contributed by atoms with Gasteiger partial charge in [0.05, 0.1) is 5.01 Å². The van der Waals surface area contributed by atoms with Crippen LogP contribution in [-0.2, 0) is 12.8 Å². The maximum absolute atomic E-state index is 4.72. The Labute approximate surface area is 180 Å². The predicted molar refractivity (Wildman–Crippen MR) is 124 cm³/mol. The third-order valence-electron chi connectivity index (χ3n) is 4.57. The summed E-state index contributed by atoms with van der Waals surface area (Å²) in [7, 11) is 0. The highest BCUT2D eigenvalue weighted by Gasteiger charge is 2.15. The molecule has 2 heterocycles. The molecule has 0 bridgehead atoms. The van der Waals surface area contributed by atoms with E-state index in [0.717, 1.165) is 50.8 Å². The van der Waals surface area contributed by atoms with E-state index in [1.807, 2.05) is 17.5 Å². The molecule has 1 aromatic heterocycles. The molecular weight excluding hydrogens is 457 g/mol. The Kier molecular flexibility index (Phi) is 12.5. The summed E-state index contributed by atoms with van der Waals surface area (Å²) in [6.45, 7) is 13.0. The molecule has 7 heteroatoms. The van der Waals surface area contributed by atoms with E-state index in [2.05, 4.69) is 41.3 Å². The summed E-state index contributed by atoms with van der Waals surface area (Å²) in [4.78, 5) is 13.2. The maximum atomic E-state index is 4.72. The summed E-state index contributed by atoms with van der Waals surface area (Å²) in [6.07, 6.45) is 7.91. The number of guanidine groups is 1. The minimum Gasteiger partial charge on any atom is -0.357 e. The fourth-order valence-corrected chi connectivity index (χ4v) is 4.09. The molecule has 0 spiro atoms. The fourth-order valence-electron chi connectivity index (χ4n) is 3.23. The van der Waals surface area contributed by atoms with Crippen LogP contribution < -0.4 is 10.6 Å². The number of piperidine rings is 1.